The molecule has 0 saturated carbocycles. The summed E-state index contributed by atoms with van der Waals surface area (Å²) in [5, 5.41) is 2.13. The Hall–Kier alpha value is -1.59. The molecule has 1 aliphatic rings. The number of hydrogen-bond donors (Lipinski definition) is 1. The van der Waals surface area contributed by atoms with Gasteiger partial charge in [0.1, 0.15) is 0 Å². The number of alkyl halides is 1. The molecule has 122 valence electrons. The van der Waals surface area contributed by atoms with Gasteiger partial charge in [0, 0.05) is 5.02 Å². The minimum atomic E-state index is -3.70. The Bertz CT molecular complexity index is 1030. The van der Waals surface area contributed by atoms with Crippen LogP contribution in [0.5, 0.6) is 0 Å². The molecule has 3 nitrogen and oxygen atoms in total. The number of halogens is 2. The Morgan fingerprint density at radius 1 is 0.875 bits per heavy atom. The molecule has 0 aliphatic heterocycles. The molecule has 2 unspecified atom stereocenters. The van der Waals surface area contributed by atoms with Gasteiger partial charge in [0.2, 0.25) is 10.0 Å². The molecule has 0 fully saturated rings. The SMILES string of the molecule is O=S(=O)(NC1c2cccc3cccc(c23)C1Cl)c1ccc(Cl)cc1. The Labute approximate surface area is 150 Å². The summed E-state index contributed by atoms with van der Waals surface area (Å²) in [4.78, 5) is 0.166. The fourth-order valence-electron chi connectivity index (χ4n) is 3.20. The lowest BCUT2D eigenvalue weighted by Crippen LogP contribution is -2.29. The van der Waals surface area contributed by atoms with Crippen LogP contribution in [-0.2, 0) is 10.0 Å². The second-order valence-corrected chi connectivity index (χ2v) is 8.37. The number of benzene rings is 3. The topological polar surface area (TPSA) is 46.2 Å². The summed E-state index contributed by atoms with van der Waals surface area (Å²) in [5.74, 6) is 0. The molecule has 0 saturated heterocycles. The van der Waals surface area contributed by atoms with E-state index in [0.29, 0.717) is 5.02 Å². The monoisotopic (exact) mass is 377 g/mol. The van der Waals surface area contributed by atoms with Gasteiger partial charge in [-0.15, -0.1) is 11.6 Å². The first-order chi connectivity index (χ1) is 11.5. The van der Waals surface area contributed by atoms with Crippen molar-refractivity contribution in [3.63, 3.8) is 0 Å². The molecular formula is C18H13Cl2NO2S. The summed E-state index contributed by atoms with van der Waals surface area (Å²) < 4.78 is 28.1. The van der Waals surface area contributed by atoms with Crippen LogP contribution in [0.4, 0.5) is 0 Å². The highest BCUT2D eigenvalue weighted by Crippen LogP contribution is 2.47. The van der Waals surface area contributed by atoms with Crippen molar-refractivity contribution < 1.29 is 8.42 Å². The molecule has 3 aromatic carbocycles. The molecule has 0 bridgehead atoms. The smallest absolute Gasteiger partial charge is 0.207 e. The summed E-state index contributed by atoms with van der Waals surface area (Å²) in [6.07, 6.45) is 0. The Morgan fingerprint density at radius 3 is 2.17 bits per heavy atom. The predicted octanol–water partition coefficient (Wildman–Crippen LogP) is 4.81. The van der Waals surface area contributed by atoms with Crippen molar-refractivity contribution in [2.45, 2.75) is 16.3 Å². The molecule has 0 spiro atoms. The lowest BCUT2D eigenvalue weighted by Gasteiger charge is -2.18. The number of rotatable bonds is 3. The van der Waals surface area contributed by atoms with Gasteiger partial charge in [0.05, 0.1) is 16.3 Å². The van der Waals surface area contributed by atoms with Crippen molar-refractivity contribution in [1.82, 2.24) is 4.72 Å². The average Bonchev–Trinajstić information content (AvgIpc) is 2.83. The maximum absolute atomic E-state index is 12.7. The predicted molar refractivity (Wildman–Crippen MR) is 97.1 cm³/mol. The number of nitrogens with one attached hydrogen (secondary N) is 1. The summed E-state index contributed by atoms with van der Waals surface area (Å²) in [6.45, 7) is 0. The molecule has 2 atom stereocenters. The Balaban J connectivity index is 1.76. The van der Waals surface area contributed by atoms with Crippen LogP contribution in [0.1, 0.15) is 22.5 Å². The van der Waals surface area contributed by atoms with Crippen molar-refractivity contribution in [2.75, 3.05) is 0 Å². The van der Waals surface area contributed by atoms with E-state index in [9.17, 15) is 8.42 Å². The van der Waals surface area contributed by atoms with Crippen LogP contribution < -0.4 is 4.72 Å². The van der Waals surface area contributed by atoms with Gasteiger partial charge >= 0.3 is 0 Å². The largest absolute Gasteiger partial charge is 0.241 e. The van der Waals surface area contributed by atoms with E-state index in [4.69, 9.17) is 23.2 Å². The molecule has 0 radical (unpaired) electrons. The summed E-state index contributed by atoms with van der Waals surface area (Å²) >= 11 is 12.4. The lowest BCUT2D eigenvalue weighted by molar-refractivity contribution is 0.556. The Kier molecular flexibility index (Phi) is 3.81. The normalized spacial score (nSPS) is 19.8. The van der Waals surface area contributed by atoms with Crippen LogP contribution in [0.15, 0.2) is 65.6 Å². The van der Waals surface area contributed by atoms with E-state index >= 15 is 0 Å². The van der Waals surface area contributed by atoms with Gasteiger partial charge in [-0.2, -0.15) is 0 Å². The second-order valence-electron chi connectivity index (χ2n) is 5.75. The second kappa shape index (κ2) is 5.74. The molecule has 1 N–H and O–H groups in total. The lowest BCUT2D eigenvalue weighted by atomic mass is 10.1. The fraction of sp³-hybridized carbons (Fsp3) is 0.111. The number of hydrogen-bond acceptors (Lipinski definition) is 2. The van der Waals surface area contributed by atoms with Crippen LogP contribution in [0, 0.1) is 0 Å². The van der Waals surface area contributed by atoms with Gasteiger partial charge in [-0.05, 0) is 46.2 Å². The van der Waals surface area contributed by atoms with Gasteiger partial charge in [-0.1, -0.05) is 48.0 Å². The van der Waals surface area contributed by atoms with Crippen LogP contribution in [0.3, 0.4) is 0 Å². The van der Waals surface area contributed by atoms with E-state index in [1.54, 1.807) is 12.1 Å². The highest BCUT2D eigenvalue weighted by Gasteiger charge is 2.35. The number of sulfonamides is 1. The molecule has 3 aromatic rings. The first-order valence-electron chi connectivity index (χ1n) is 7.41. The molecule has 0 amide bonds. The Morgan fingerprint density at radius 2 is 1.50 bits per heavy atom. The molecule has 6 heteroatoms. The van der Waals surface area contributed by atoms with Crippen molar-refractivity contribution in [1.29, 1.82) is 0 Å². The minimum absolute atomic E-state index is 0.166. The third-order valence-corrected chi connectivity index (χ3v) is 6.50. The van der Waals surface area contributed by atoms with E-state index in [2.05, 4.69) is 4.72 Å². The fourth-order valence-corrected chi connectivity index (χ4v) is 5.01. The van der Waals surface area contributed by atoms with Crippen LogP contribution in [-0.4, -0.2) is 8.42 Å². The zero-order chi connectivity index (χ0) is 16.9. The van der Waals surface area contributed by atoms with Crippen LogP contribution in [0.2, 0.25) is 5.02 Å². The highest BCUT2D eigenvalue weighted by molar-refractivity contribution is 7.89. The molecule has 4 rings (SSSR count). The van der Waals surface area contributed by atoms with Crippen molar-refractivity contribution in [3.05, 3.63) is 76.8 Å². The maximum atomic E-state index is 12.7. The first kappa shape index (κ1) is 15.9. The van der Waals surface area contributed by atoms with E-state index in [1.165, 1.54) is 12.1 Å². The third-order valence-electron chi connectivity index (χ3n) is 4.30. The summed E-state index contributed by atoms with van der Waals surface area (Å²) in [7, 11) is -3.70. The molecule has 24 heavy (non-hydrogen) atoms. The van der Waals surface area contributed by atoms with Gasteiger partial charge in [-0.3, -0.25) is 0 Å². The van der Waals surface area contributed by atoms with Crippen molar-refractivity contribution in [3.8, 4) is 0 Å². The zero-order valence-corrected chi connectivity index (χ0v) is 14.7. The van der Waals surface area contributed by atoms with Gasteiger partial charge in [-0.25, -0.2) is 13.1 Å². The maximum Gasteiger partial charge on any atom is 0.241 e. The quantitative estimate of drug-likeness (QED) is 0.665. The van der Waals surface area contributed by atoms with Gasteiger partial charge in [0.15, 0.2) is 0 Å². The molecule has 0 aromatic heterocycles. The van der Waals surface area contributed by atoms with Crippen molar-refractivity contribution >= 4 is 44.0 Å². The van der Waals surface area contributed by atoms with Crippen LogP contribution >= 0.6 is 23.2 Å². The van der Waals surface area contributed by atoms with Gasteiger partial charge < -0.3 is 0 Å². The average molecular weight is 378 g/mol. The van der Waals surface area contributed by atoms with E-state index in [1.807, 2.05) is 36.4 Å². The molecule has 1 aliphatic carbocycles. The van der Waals surface area contributed by atoms with E-state index in [-0.39, 0.29) is 4.90 Å². The van der Waals surface area contributed by atoms with Crippen LogP contribution in [0.25, 0.3) is 10.8 Å². The summed E-state index contributed by atoms with van der Waals surface area (Å²) in [6, 6.07) is 17.3. The standard InChI is InChI=1S/C18H13Cl2NO2S/c19-12-7-9-13(10-8-12)24(22,23)21-18-15-6-2-4-11-3-1-5-14(16(11)15)17(18)20/h1-10,17-18,21H. The highest BCUT2D eigenvalue weighted by atomic mass is 35.5. The molecule has 0 heterocycles. The first-order valence-corrected chi connectivity index (χ1v) is 9.71. The van der Waals surface area contributed by atoms with Gasteiger partial charge in [0.25, 0.3) is 0 Å². The minimum Gasteiger partial charge on any atom is -0.207 e. The zero-order valence-electron chi connectivity index (χ0n) is 12.4. The van der Waals surface area contributed by atoms with E-state index < -0.39 is 21.4 Å². The molecular weight excluding hydrogens is 365 g/mol. The third kappa shape index (κ3) is 2.50. The summed E-state index contributed by atoms with van der Waals surface area (Å²) in [5.41, 5.74) is 1.86. The van der Waals surface area contributed by atoms with Crippen molar-refractivity contribution in [2.24, 2.45) is 0 Å². The van der Waals surface area contributed by atoms with E-state index in [0.717, 1.165) is 21.9 Å².